The van der Waals surface area contributed by atoms with Crippen LogP contribution in [0.2, 0.25) is 0 Å². The third-order valence-electron chi connectivity index (χ3n) is 2.83. The van der Waals surface area contributed by atoms with E-state index in [1.54, 1.807) is 24.3 Å². The predicted octanol–water partition coefficient (Wildman–Crippen LogP) is 2.34. The van der Waals surface area contributed by atoms with E-state index in [0.717, 1.165) is 4.47 Å². The first-order chi connectivity index (χ1) is 11.5. The number of ether oxygens (including phenoxy) is 1. The lowest BCUT2D eigenvalue weighted by Gasteiger charge is -2.07. The molecular formula is C16H15BrN2O5. The van der Waals surface area contributed by atoms with E-state index in [9.17, 15) is 14.4 Å². The van der Waals surface area contributed by atoms with Crippen LogP contribution in [0.25, 0.3) is 0 Å². The second kappa shape index (κ2) is 8.88. The highest BCUT2D eigenvalue weighted by Crippen LogP contribution is 2.15. The van der Waals surface area contributed by atoms with Crippen LogP contribution in [0.1, 0.15) is 17.0 Å². The minimum absolute atomic E-state index is 0.0450. The molecule has 0 radical (unpaired) electrons. The number of esters is 1. The van der Waals surface area contributed by atoms with Crippen molar-refractivity contribution in [2.24, 2.45) is 0 Å². The van der Waals surface area contributed by atoms with Crippen molar-refractivity contribution in [3.8, 4) is 0 Å². The summed E-state index contributed by atoms with van der Waals surface area (Å²) in [5.41, 5.74) is 0.594. The fourth-order valence-electron chi connectivity index (χ4n) is 1.75. The Morgan fingerprint density at radius 3 is 2.71 bits per heavy atom. The van der Waals surface area contributed by atoms with E-state index >= 15 is 0 Å². The first-order valence-electron chi connectivity index (χ1n) is 7.07. The molecule has 0 aliphatic carbocycles. The Balaban J connectivity index is 1.64. The van der Waals surface area contributed by atoms with Crippen LogP contribution in [-0.4, -0.2) is 30.9 Å². The number of carbonyl (C=O) groups is 3. The summed E-state index contributed by atoms with van der Waals surface area (Å²) in [6.45, 7) is -0.302. The Labute approximate surface area is 146 Å². The Bertz CT molecular complexity index is 715. The van der Waals surface area contributed by atoms with Crippen molar-refractivity contribution in [1.29, 1.82) is 0 Å². The van der Waals surface area contributed by atoms with Crippen LogP contribution < -0.4 is 10.6 Å². The summed E-state index contributed by atoms with van der Waals surface area (Å²) in [6.07, 6.45) is 1.34. The Morgan fingerprint density at radius 1 is 1.17 bits per heavy atom. The van der Waals surface area contributed by atoms with Crippen LogP contribution in [0.4, 0.5) is 5.69 Å². The third-order valence-corrected chi connectivity index (χ3v) is 3.33. The van der Waals surface area contributed by atoms with Crippen LogP contribution in [0.3, 0.4) is 0 Å². The maximum atomic E-state index is 11.7. The Hall–Kier alpha value is -2.61. The molecule has 8 heteroatoms. The lowest BCUT2D eigenvalue weighted by atomic mass is 10.3. The molecule has 0 atom stereocenters. The molecule has 2 N–H and O–H groups in total. The van der Waals surface area contributed by atoms with Gasteiger partial charge >= 0.3 is 5.97 Å². The van der Waals surface area contributed by atoms with Gasteiger partial charge < -0.3 is 19.8 Å². The quantitative estimate of drug-likeness (QED) is 0.702. The number of rotatable bonds is 7. The molecule has 1 heterocycles. The van der Waals surface area contributed by atoms with Crippen LogP contribution in [0.15, 0.2) is 51.6 Å². The maximum absolute atomic E-state index is 11.7. The van der Waals surface area contributed by atoms with Gasteiger partial charge in [-0.05, 0) is 30.3 Å². The highest BCUT2D eigenvalue weighted by atomic mass is 79.9. The van der Waals surface area contributed by atoms with Crippen molar-refractivity contribution in [3.63, 3.8) is 0 Å². The number of anilines is 1. The molecule has 0 saturated heterocycles. The molecule has 0 saturated carbocycles. The lowest BCUT2D eigenvalue weighted by molar-refractivity contribution is -0.147. The molecule has 0 spiro atoms. The highest BCUT2D eigenvalue weighted by molar-refractivity contribution is 9.10. The van der Waals surface area contributed by atoms with Gasteiger partial charge in [0, 0.05) is 16.7 Å². The number of amides is 2. The van der Waals surface area contributed by atoms with Gasteiger partial charge in [-0.25, -0.2) is 0 Å². The normalized spacial score (nSPS) is 10.0. The first-order valence-corrected chi connectivity index (χ1v) is 7.86. The summed E-state index contributed by atoms with van der Waals surface area (Å²) < 4.78 is 10.6. The SMILES string of the molecule is O=C(COC(=O)CCNC(=O)c1ccco1)Nc1cccc(Br)c1. The fraction of sp³-hybridized carbons (Fsp3) is 0.188. The summed E-state index contributed by atoms with van der Waals surface area (Å²) in [7, 11) is 0. The molecule has 1 aromatic heterocycles. The molecule has 0 fully saturated rings. The van der Waals surface area contributed by atoms with Gasteiger partial charge in [-0.1, -0.05) is 22.0 Å². The summed E-state index contributed by atoms with van der Waals surface area (Å²) in [5, 5.41) is 5.11. The van der Waals surface area contributed by atoms with E-state index in [4.69, 9.17) is 9.15 Å². The van der Waals surface area contributed by atoms with Crippen molar-refractivity contribution in [3.05, 3.63) is 52.9 Å². The monoisotopic (exact) mass is 394 g/mol. The highest BCUT2D eigenvalue weighted by Gasteiger charge is 2.11. The zero-order chi connectivity index (χ0) is 17.4. The van der Waals surface area contributed by atoms with Crippen molar-refractivity contribution >= 4 is 39.4 Å². The average molecular weight is 395 g/mol. The topological polar surface area (TPSA) is 97.6 Å². The molecule has 1 aromatic carbocycles. The minimum Gasteiger partial charge on any atom is -0.459 e. The number of carbonyl (C=O) groups excluding carboxylic acids is 3. The third kappa shape index (κ3) is 5.88. The smallest absolute Gasteiger partial charge is 0.308 e. The summed E-state index contributed by atoms with van der Waals surface area (Å²) >= 11 is 3.29. The number of halogens is 1. The molecule has 24 heavy (non-hydrogen) atoms. The van der Waals surface area contributed by atoms with E-state index in [2.05, 4.69) is 26.6 Å². The fourth-order valence-corrected chi connectivity index (χ4v) is 2.15. The number of hydrogen-bond acceptors (Lipinski definition) is 5. The predicted molar refractivity (Wildman–Crippen MR) is 89.4 cm³/mol. The number of furan rings is 1. The van der Waals surface area contributed by atoms with Crippen molar-refractivity contribution in [1.82, 2.24) is 5.32 Å². The molecule has 126 valence electrons. The largest absolute Gasteiger partial charge is 0.459 e. The summed E-state index contributed by atoms with van der Waals surface area (Å²) in [5.74, 6) is -1.28. The number of hydrogen-bond donors (Lipinski definition) is 2. The van der Waals surface area contributed by atoms with E-state index in [1.165, 1.54) is 12.3 Å². The minimum atomic E-state index is -0.584. The van der Waals surface area contributed by atoms with Gasteiger partial charge in [-0.3, -0.25) is 14.4 Å². The van der Waals surface area contributed by atoms with Gasteiger partial charge in [0.25, 0.3) is 11.8 Å². The lowest BCUT2D eigenvalue weighted by Crippen LogP contribution is -2.27. The van der Waals surface area contributed by atoms with E-state index in [-0.39, 0.29) is 18.7 Å². The molecule has 0 unspecified atom stereocenters. The van der Waals surface area contributed by atoms with E-state index in [0.29, 0.717) is 5.69 Å². The Morgan fingerprint density at radius 2 is 2.00 bits per heavy atom. The molecule has 0 bridgehead atoms. The molecular weight excluding hydrogens is 380 g/mol. The van der Waals surface area contributed by atoms with E-state index < -0.39 is 24.4 Å². The standard InChI is InChI=1S/C16H15BrN2O5/c17-11-3-1-4-12(9-11)19-14(20)10-24-15(21)6-7-18-16(22)13-5-2-8-23-13/h1-5,8-9H,6-7,10H2,(H,18,22)(H,19,20). The van der Waals surface area contributed by atoms with Crippen LogP contribution >= 0.6 is 15.9 Å². The van der Waals surface area contributed by atoms with Crippen LogP contribution in [-0.2, 0) is 14.3 Å². The second-order valence-electron chi connectivity index (χ2n) is 4.70. The van der Waals surface area contributed by atoms with Gasteiger partial charge in [0.2, 0.25) is 0 Å². The zero-order valence-electron chi connectivity index (χ0n) is 12.6. The molecule has 2 rings (SSSR count). The van der Waals surface area contributed by atoms with Crippen LogP contribution in [0.5, 0.6) is 0 Å². The Kier molecular flexibility index (Phi) is 6.56. The zero-order valence-corrected chi connectivity index (χ0v) is 14.2. The van der Waals surface area contributed by atoms with Crippen molar-refractivity contribution in [2.45, 2.75) is 6.42 Å². The van der Waals surface area contributed by atoms with Gasteiger partial charge in [-0.15, -0.1) is 0 Å². The molecule has 0 aliphatic rings. The summed E-state index contributed by atoms with van der Waals surface area (Å²) in [6, 6.07) is 10.1. The molecule has 2 amide bonds. The second-order valence-corrected chi connectivity index (χ2v) is 5.62. The number of benzene rings is 1. The molecule has 7 nitrogen and oxygen atoms in total. The van der Waals surface area contributed by atoms with Gasteiger partial charge in [-0.2, -0.15) is 0 Å². The van der Waals surface area contributed by atoms with Gasteiger partial charge in [0.05, 0.1) is 12.7 Å². The average Bonchev–Trinajstić information content (AvgIpc) is 3.07. The summed E-state index contributed by atoms with van der Waals surface area (Å²) in [4.78, 5) is 34.8. The molecule has 2 aromatic rings. The van der Waals surface area contributed by atoms with Crippen molar-refractivity contribution in [2.75, 3.05) is 18.5 Å². The molecule has 0 aliphatic heterocycles. The van der Waals surface area contributed by atoms with E-state index in [1.807, 2.05) is 6.07 Å². The van der Waals surface area contributed by atoms with Gasteiger partial charge in [0.15, 0.2) is 12.4 Å². The maximum Gasteiger partial charge on any atom is 0.308 e. The van der Waals surface area contributed by atoms with Crippen molar-refractivity contribution < 1.29 is 23.5 Å². The number of nitrogens with one attached hydrogen (secondary N) is 2. The van der Waals surface area contributed by atoms with Gasteiger partial charge in [0.1, 0.15) is 0 Å². The van der Waals surface area contributed by atoms with Crippen LogP contribution in [0, 0.1) is 0 Å². The first kappa shape index (κ1) is 17.7.